The molecule has 2 rings (SSSR count). The molecule has 1 amide bonds. The molecule has 0 bridgehead atoms. The predicted octanol–water partition coefficient (Wildman–Crippen LogP) is 1.29. The molecule has 1 saturated carbocycles. The normalized spacial score (nSPS) is 15.8. The molecule has 126 valence electrons. The first kappa shape index (κ1) is 17.8. The minimum absolute atomic E-state index is 0.0611. The molecule has 3 N–H and O–H groups in total. The highest BCUT2D eigenvalue weighted by atomic mass is 16.5. The van der Waals surface area contributed by atoms with Crippen LogP contribution in [0, 0.1) is 23.7 Å². The Bertz CT molecular complexity index is 696. The van der Waals surface area contributed by atoms with Crippen molar-refractivity contribution < 1.29 is 24.4 Å². The molecule has 1 aliphatic rings. The van der Waals surface area contributed by atoms with Crippen molar-refractivity contribution in [3.8, 4) is 11.8 Å². The number of nitrogens with zero attached hydrogens (tertiary/aromatic N) is 1. The average Bonchev–Trinajstić information content (AvgIpc) is 3.28. The van der Waals surface area contributed by atoms with Gasteiger partial charge in [0.25, 0.3) is 0 Å². The van der Waals surface area contributed by atoms with Crippen molar-refractivity contribution in [3.63, 3.8) is 0 Å². The summed E-state index contributed by atoms with van der Waals surface area (Å²) >= 11 is 0. The van der Waals surface area contributed by atoms with Crippen LogP contribution in [-0.4, -0.2) is 35.1 Å². The van der Waals surface area contributed by atoms with Crippen molar-refractivity contribution in [2.24, 2.45) is 5.41 Å². The summed E-state index contributed by atoms with van der Waals surface area (Å²) in [5.74, 6) is -2.20. The molecule has 0 aliphatic heterocycles. The highest BCUT2D eigenvalue weighted by Gasteiger charge is 2.45. The number of rotatable bonds is 7. The monoisotopic (exact) mass is 330 g/mol. The van der Waals surface area contributed by atoms with Crippen molar-refractivity contribution >= 4 is 19.0 Å². The van der Waals surface area contributed by atoms with Crippen LogP contribution in [0.2, 0.25) is 0 Å². The Labute approximate surface area is 140 Å². The quantitative estimate of drug-likeness (QED) is 0.648. The number of carboxylic acids is 1. The highest BCUT2D eigenvalue weighted by molar-refractivity contribution is 6.46. The number of carboxylic acid groups (broad SMARTS) is 1. The van der Waals surface area contributed by atoms with Crippen molar-refractivity contribution in [1.29, 1.82) is 5.26 Å². The third-order valence-electron chi connectivity index (χ3n) is 4.09. The lowest BCUT2D eigenvalue weighted by Gasteiger charge is -2.20. The fourth-order valence-electron chi connectivity index (χ4n) is 2.36. The number of hydrogen-bond acceptors (Lipinski definition) is 5. The molecule has 24 heavy (non-hydrogen) atoms. The van der Waals surface area contributed by atoms with Crippen LogP contribution in [0.1, 0.15) is 42.1 Å². The molecule has 0 unspecified atom stereocenters. The maximum absolute atomic E-state index is 11.9. The van der Waals surface area contributed by atoms with Crippen LogP contribution in [-0.2, 0) is 4.79 Å². The molecule has 0 heterocycles. The number of carbonyl (C=O) groups is 2. The minimum atomic E-state index is -1.41. The van der Waals surface area contributed by atoms with E-state index in [1.165, 1.54) is 6.07 Å². The van der Waals surface area contributed by atoms with Crippen molar-refractivity contribution in [3.05, 3.63) is 29.3 Å². The average molecular weight is 330 g/mol. The van der Waals surface area contributed by atoms with Gasteiger partial charge in [-0.1, -0.05) is 12.1 Å². The molecule has 0 spiro atoms. The second-order valence-corrected chi connectivity index (χ2v) is 6.19. The number of aromatic carboxylic acids is 1. The maximum atomic E-state index is 11.9. The van der Waals surface area contributed by atoms with Gasteiger partial charge in [-0.15, -0.1) is 0 Å². The maximum Gasteiger partial charge on any atom is 0.546 e. The molecule has 1 aliphatic carbocycles. The zero-order chi connectivity index (χ0) is 17.9. The van der Waals surface area contributed by atoms with E-state index in [2.05, 4.69) is 11.4 Å². The van der Waals surface area contributed by atoms with Gasteiger partial charge in [0.05, 0.1) is 23.0 Å². The minimum Gasteiger partial charge on any atom is -0.534 e. The van der Waals surface area contributed by atoms with Gasteiger partial charge in [0, 0.05) is 6.42 Å². The van der Waals surface area contributed by atoms with Crippen LogP contribution < -0.4 is 9.97 Å². The number of hydrogen-bond donors (Lipinski definition) is 3. The van der Waals surface area contributed by atoms with Crippen LogP contribution >= 0.6 is 0 Å². The molecular weight excluding hydrogens is 311 g/mol. The van der Waals surface area contributed by atoms with Gasteiger partial charge in [0.2, 0.25) is 5.91 Å². The third kappa shape index (κ3) is 4.06. The summed E-state index contributed by atoms with van der Waals surface area (Å²) in [7, 11) is -1.41. The largest absolute Gasteiger partial charge is 0.546 e. The Kier molecular flexibility index (Phi) is 5.15. The smallest absolute Gasteiger partial charge is 0.534 e. The fourth-order valence-corrected chi connectivity index (χ4v) is 2.36. The highest BCUT2D eigenvalue weighted by Crippen LogP contribution is 2.47. The van der Waals surface area contributed by atoms with Crippen LogP contribution in [0.15, 0.2) is 18.2 Å². The molecule has 1 aromatic carbocycles. The summed E-state index contributed by atoms with van der Waals surface area (Å²) in [6.07, 6.45) is 1.50. The van der Waals surface area contributed by atoms with E-state index in [1.54, 1.807) is 26.0 Å². The molecule has 1 atom stereocenters. The number of para-hydroxylation sites is 1. The summed E-state index contributed by atoms with van der Waals surface area (Å²) in [6, 6.07) is 6.76. The third-order valence-corrected chi connectivity index (χ3v) is 4.09. The topological polar surface area (TPSA) is 120 Å². The van der Waals surface area contributed by atoms with Crippen LogP contribution in [0.3, 0.4) is 0 Å². The fraction of sp³-hybridized carbons (Fsp3) is 0.438. The molecule has 0 aromatic heterocycles. The van der Waals surface area contributed by atoms with Crippen LogP contribution in [0.5, 0.6) is 5.75 Å². The Morgan fingerprint density at radius 3 is 2.71 bits per heavy atom. The summed E-state index contributed by atoms with van der Waals surface area (Å²) in [4.78, 5) is 23.2. The van der Waals surface area contributed by atoms with E-state index in [1.807, 2.05) is 0 Å². The van der Waals surface area contributed by atoms with Gasteiger partial charge in [0.1, 0.15) is 5.75 Å². The first-order valence-corrected chi connectivity index (χ1v) is 7.66. The second kappa shape index (κ2) is 6.93. The molecule has 0 radical (unpaired) electrons. The van der Waals surface area contributed by atoms with Crippen molar-refractivity contribution in [1.82, 2.24) is 5.32 Å². The first-order valence-electron chi connectivity index (χ1n) is 7.66. The van der Waals surface area contributed by atoms with E-state index in [0.29, 0.717) is 18.4 Å². The van der Waals surface area contributed by atoms with Gasteiger partial charge in [-0.2, -0.15) is 5.26 Å². The SMILES string of the molecule is Cc1cccc(C(=O)O)c1OB(O)[C@H](C)NC(=O)CC1(C#N)CC1. The van der Waals surface area contributed by atoms with Gasteiger partial charge in [0.15, 0.2) is 0 Å². The Hall–Kier alpha value is -2.53. The van der Waals surface area contributed by atoms with Gasteiger partial charge in [-0.3, -0.25) is 4.79 Å². The number of nitriles is 1. The lowest BCUT2D eigenvalue weighted by Crippen LogP contribution is -2.48. The second-order valence-electron chi connectivity index (χ2n) is 6.19. The number of amides is 1. The molecule has 0 saturated heterocycles. The summed E-state index contributed by atoms with van der Waals surface area (Å²) in [6.45, 7) is 3.22. The van der Waals surface area contributed by atoms with Gasteiger partial charge in [-0.25, -0.2) is 4.79 Å². The summed E-state index contributed by atoms with van der Waals surface area (Å²) in [5, 5.41) is 30.9. The van der Waals surface area contributed by atoms with Gasteiger partial charge in [-0.05, 0) is 38.3 Å². The number of carbonyl (C=O) groups excluding carboxylic acids is 1. The molecule has 1 aromatic rings. The molecular formula is C16H19BN2O5. The number of aryl methyl sites for hydroxylation is 1. The van der Waals surface area contributed by atoms with Gasteiger partial charge >= 0.3 is 13.1 Å². The summed E-state index contributed by atoms with van der Waals surface area (Å²) in [5.41, 5.74) is -0.0647. The molecule has 1 fully saturated rings. The van der Waals surface area contributed by atoms with Crippen LogP contribution in [0.25, 0.3) is 0 Å². The summed E-state index contributed by atoms with van der Waals surface area (Å²) < 4.78 is 5.37. The first-order chi connectivity index (χ1) is 11.3. The van der Waals surface area contributed by atoms with E-state index in [9.17, 15) is 19.7 Å². The lowest BCUT2D eigenvalue weighted by molar-refractivity contribution is -0.122. The van der Waals surface area contributed by atoms with Crippen LogP contribution in [0.4, 0.5) is 0 Å². The van der Waals surface area contributed by atoms with E-state index in [0.717, 1.165) is 0 Å². The van der Waals surface area contributed by atoms with E-state index in [4.69, 9.17) is 9.92 Å². The van der Waals surface area contributed by atoms with E-state index < -0.39 is 24.4 Å². The number of benzene rings is 1. The van der Waals surface area contributed by atoms with E-state index >= 15 is 0 Å². The van der Waals surface area contributed by atoms with E-state index in [-0.39, 0.29) is 23.6 Å². The lowest BCUT2D eigenvalue weighted by atomic mass is 9.79. The van der Waals surface area contributed by atoms with Gasteiger partial charge < -0.3 is 20.1 Å². The Morgan fingerprint density at radius 2 is 2.17 bits per heavy atom. The predicted molar refractivity (Wildman–Crippen MR) is 86.2 cm³/mol. The zero-order valence-electron chi connectivity index (χ0n) is 13.6. The standard InChI is InChI=1S/C16H19BN2O5/c1-10-4-3-5-12(15(21)22)14(10)24-17(23)11(2)19-13(20)8-16(9-18)6-7-16/h3-5,11,23H,6-8H2,1-2H3,(H,19,20)(H,21,22)/t11-/m0/s1. The Balaban J connectivity index is 1.99. The van der Waals surface area contributed by atoms with Crippen molar-refractivity contribution in [2.45, 2.75) is 39.1 Å². The molecule has 8 heteroatoms. The van der Waals surface area contributed by atoms with Crippen molar-refractivity contribution in [2.75, 3.05) is 0 Å². The molecule has 7 nitrogen and oxygen atoms in total. The zero-order valence-corrected chi connectivity index (χ0v) is 13.6. The Morgan fingerprint density at radius 1 is 1.50 bits per heavy atom. The number of nitrogens with one attached hydrogen (secondary N) is 1.